The molecule has 1 aliphatic heterocycles. The summed E-state index contributed by atoms with van der Waals surface area (Å²) >= 11 is 0. The number of benzene rings is 3. The van der Waals surface area contributed by atoms with E-state index in [0.29, 0.717) is 34.3 Å². The van der Waals surface area contributed by atoms with Crippen molar-refractivity contribution in [3.63, 3.8) is 0 Å². The van der Waals surface area contributed by atoms with Gasteiger partial charge in [0.05, 0.1) is 20.8 Å². The molecule has 0 unspecified atom stereocenters. The van der Waals surface area contributed by atoms with Gasteiger partial charge in [-0.3, -0.25) is 0 Å². The predicted molar refractivity (Wildman–Crippen MR) is 129 cm³/mol. The number of hydrogen-bond acceptors (Lipinski definition) is 9. The highest BCUT2D eigenvalue weighted by molar-refractivity contribution is 5.96. The third-order valence-electron chi connectivity index (χ3n) is 5.08. The van der Waals surface area contributed by atoms with E-state index in [9.17, 15) is 9.59 Å². The van der Waals surface area contributed by atoms with Gasteiger partial charge in [0.15, 0.2) is 11.5 Å². The van der Waals surface area contributed by atoms with Gasteiger partial charge >= 0.3 is 11.9 Å². The van der Waals surface area contributed by atoms with Crippen molar-refractivity contribution in [1.82, 2.24) is 0 Å². The van der Waals surface area contributed by atoms with Crippen LogP contribution in [0.5, 0.6) is 40.2 Å². The first-order chi connectivity index (χ1) is 17.5. The molecule has 186 valence electrons. The zero-order valence-electron chi connectivity index (χ0n) is 19.9. The maximum atomic E-state index is 13.0. The Morgan fingerprint density at radius 3 is 2.39 bits per heavy atom. The minimum absolute atomic E-state index is 0.0933. The molecule has 9 heteroatoms. The van der Waals surface area contributed by atoms with E-state index in [2.05, 4.69) is 4.74 Å². The topological polar surface area (TPSA) is 98.8 Å². The standard InChI is InChI=1S/C27H24O9/c1-4-32-27(29)26-22(35-19-10-12-21-24(15-19)34-16-33-21)6-5-7-23(26)36-20-11-9-18(30-2)14-17(20)8-13-25(28)31-3/h5-15H,4,16H2,1-3H3. The van der Waals surface area contributed by atoms with Crippen LogP contribution in [0.4, 0.5) is 0 Å². The normalized spacial score (nSPS) is 11.8. The van der Waals surface area contributed by atoms with Gasteiger partial charge in [-0.1, -0.05) is 6.07 Å². The number of methoxy groups -OCH3 is 2. The fourth-order valence-corrected chi connectivity index (χ4v) is 3.37. The van der Waals surface area contributed by atoms with Crippen molar-refractivity contribution in [1.29, 1.82) is 0 Å². The van der Waals surface area contributed by atoms with Crippen LogP contribution in [0, 0.1) is 0 Å². The molecule has 0 saturated heterocycles. The number of carbonyl (C=O) groups excluding carboxylic acids is 2. The second-order valence-corrected chi connectivity index (χ2v) is 7.33. The van der Waals surface area contributed by atoms with Crippen molar-refractivity contribution in [2.75, 3.05) is 27.6 Å². The Morgan fingerprint density at radius 1 is 0.889 bits per heavy atom. The summed E-state index contributed by atoms with van der Waals surface area (Å²) < 4.78 is 38.2. The first-order valence-electron chi connectivity index (χ1n) is 11.0. The van der Waals surface area contributed by atoms with Gasteiger partial charge in [-0.2, -0.15) is 0 Å². The van der Waals surface area contributed by atoms with Crippen LogP contribution < -0.4 is 23.7 Å². The molecule has 0 aromatic heterocycles. The van der Waals surface area contributed by atoms with E-state index in [4.69, 9.17) is 28.4 Å². The van der Waals surface area contributed by atoms with Crippen molar-refractivity contribution >= 4 is 18.0 Å². The SMILES string of the molecule is CCOC(=O)c1c(Oc2ccc3c(c2)OCO3)cccc1Oc1ccc(OC)cc1C=CC(=O)OC. The van der Waals surface area contributed by atoms with Crippen LogP contribution in [0.25, 0.3) is 6.08 Å². The van der Waals surface area contributed by atoms with Crippen molar-refractivity contribution in [3.8, 4) is 40.2 Å². The van der Waals surface area contributed by atoms with E-state index in [1.807, 2.05) is 0 Å². The zero-order chi connectivity index (χ0) is 25.5. The lowest BCUT2D eigenvalue weighted by Crippen LogP contribution is -2.08. The Bertz CT molecular complexity index is 1300. The van der Waals surface area contributed by atoms with Gasteiger partial charge in [0.25, 0.3) is 0 Å². The van der Waals surface area contributed by atoms with Crippen molar-refractivity contribution in [3.05, 3.63) is 71.8 Å². The summed E-state index contributed by atoms with van der Waals surface area (Å²) in [6.45, 7) is 2.00. The smallest absolute Gasteiger partial charge is 0.345 e. The molecule has 0 N–H and O–H groups in total. The molecule has 1 aliphatic rings. The number of hydrogen-bond donors (Lipinski definition) is 0. The third-order valence-corrected chi connectivity index (χ3v) is 5.08. The summed E-state index contributed by atoms with van der Waals surface area (Å²) in [5.41, 5.74) is 0.618. The maximum Gasteiger partial charge on any atom is 0.345 e. The highest BCUT2D eigenvalue weighted by atomic mass is 16.7. The number of esters is 2. The Morgan fingerprint density at radius 2 is 1.64 bits per heavy atom. The summed E-state index contributed by atoms with van der Waals surface area (Å²) in [6, 6.07) is 15.1. The van der Waals surface area contributed by atoms with Crippen LogP contribution in [-0.2, 0) is 14.3 Å². The molecule has 3 aromatic carbocycles. The molecule has 9 nitrogen and oxygen atoms in total. The Labute approximate surface area is 207 Å². The lowest BCUT2D eigenvalue weighted by molar-refractivity contribution is -0.134. The summed E-state index contributed by atoms with van der Waals surface area (Å²) in [7, 11) is 2.81. The van der Waals surface area contributed by atoms with E-state index < -0.39 is 11.9 Å². The quantitative estimate of drug-likeness (QED) is 0.288. The molecule has 0 spiro atoms. The van der Waals surface area contributed by atoms with E-state index in [0.717, 1.165) is 0 Å². The highest BCUT2D eigenvalue weighted by Gasteiger charge is 2.23. The Kier molecular flexibility index (Phi) is 7.60. The number of rotatable bonds is 9. The van der Waals surface area contributed by atoms with E-state index in [1.54, 1.807) is 61.5 Å². The molecular weight excluding hydrogens is 468 g/mol. The minimum atomic E-state index is -0.621. The van der Waals surface area contributed by atoms with E-state index >= 15 is 0 Å². The molecule has 1 heterocycles. The molecule has 0 bridgehead atoms. The molecule has 0 saturated carbocycles. The molecule has 0 amide bonds. The number of fused-ring (bicyclic) bond motifs is 1. The molecule has 0 fully saturated rings. The van der Waals surface area contributed by atoms with Crippen molar-refractivity contribution < 1.29 is 42.7 Å². The molecule has 3 aromatic rings. The van der Waals surface area contributed by atoms with Crippen LogP contribution in [0.1, 0.15) is 22.8 Å². The van der Waals surface area contributed by atoms with Gasteiger partial charge in [0.1, 0.15) is 34.3 Å². The molecular formula is C27H24O9. The predicted octanol–water partition coefficient (Wildman–Crippen LogP) is 5.37. The van der Waals surface area contributed by atoms with Crippen LogP contribution in [-0.4, -0.2) is 39.6 Å². The summed E-state index contributed by atoms with van der Waals surface area (Å²) in [4.78, 5) is 24.6. The van der Waals surface area contributed by atoms with Crippen molar-refractivity contribution in [2.45, 2.75) is 6.92 Å². The zero-order valence-corrected chi connectivity index (χ0v) is 19.9. The third kappa shape index (κ3) is 5.52. The van der Waals surface area contributed by atoms with Gasteiger partial charge < -0.3 is 33.2 Å². The first kappa shape index (κ1) is 24.5. The van der Waals surface area contributed by atoms with Gasteiger partial charge in [0, 0.05) is 17.7 Å². The fourth-order valence-electron chi connectivity index (χ4n) is 3.37. The Hall–Kier alpha value is -4.66. The lowest BCUT2D eigenvalue weighted by atomic mass is 10.1. The molecule has 0 radical (unpaired) electrons. The summed E-state index contributed by atoms with van der Waals surface area (Å²) in [6.07, 6.45) is 2.79. The average molecular weight is 492 g/mol. The highest BCUT2D eigenvalue weighted by Crippen LogP contribution is 2.40. The average Bonchev–Trinajstić information content (AvgIpc) is 3.36. The van der Waals surface area contributed by atoms with Crippen LogP contribution >= 0.6 is 0 Å². The molecule has 36 heavy (non-hydrogen) atoms. The number of ether oxygens (including phenoxy) is 7. The second-order valence-electron chi connectivity index (χ2n) is 7.33. The maximum absolute atomic E-state index is 13.0. The second kappa shape index (κ2) is 11.2. The monoisotopic (exact) mass is 492 g/mol. The van der Waals surface area contributed by atoms with Crippen molar-refractivity contribution in [2.24, 2.45) is 0 Å². The van der Waals surface area contributed by atoms with E-state index in [1.165, 1.54) is 26.4 Å². The van der Waals surface area contributed by atoms with Gasteiger partial charge in [0.2, 0.25) is 6.79 Å². The van der Waals surface area contributed by atoms with Gasteiger partial charge in [-0.25, -0.2) is 9.59 Å². The molecule has 0 aliphatic carbocycles. The molecule has 4 rings (SSSR count). The minimum Gasteiger partial charge on any atom is -0.497 e. The largest absolute Gasteiger partial charge is 0.497 e. The van der Waals surface area contributed by atoms with Gasteiger partial charge in [-0.15, -0.1) is 0 Å². The summed E-state index contributed by atoms with van der Waals surface area (Å²) in [5.74, 6) is 1.77. The number of carbonyl (C=O) groups is 2. The van der Waals surface area contributed by atoms with Crippen LogP contribution in [0.15, 0.2) is 60.7 Å². The first-order valence-corrected chi connectivity index (χ1v) is 11.0. The summed E-state index contributed by atoms with van der Waals surface area (Å²) in [5, 5.41) is 0. The Balaban J connectivity index is 1.72. The van der Waals surface area contributed by atoms with Crippen LogP contribution in [0.2, 0.25) is 0 Å². The molecule has 0 atom stereocenters. The van der Waals surface area contributed by atoms with E-state index in [-0.39, 0.29) is 30.5 Å². The van der Waals surface area contributed by atoms with Crippen LogP contribution in [0.3, 0.4) is 0 Å². The fraction of sp³-hybridized carbons (Fsp3) is 0.185. The van der Waals surface area contributed by atoms with Gasteiger partial charge in [-0.05, 0) is 55.5 Å². The lowest BCUT2D eigenvalue weighted by Gasteiger charge is -2.16.